The van der Waals surface area contributed by atoms with Gasteiger partial charge in [-0.2, -0.15) is 0 Å². The summed E-state index contributed by atoms with van der Waals surface area (Å²) >= 11 is 1.74. The summed E-state index contributed by atoms with van der Waals surface area (Å²) in [7, 11) is 2.02. The molecule has 7 heteroatoms. The molecule has 4 nitrogen and oxygen atoms in total. The Bertz CT molecular complexity index is 622. The topological polar surface area (TPSA) is 44.7 Å². The van der Waals surface area contributed by atoms with Crippen LogP contribution in [0.15, 0.2) is 29.3 Å². The molecule has 1 saturated carbocycles. The molecule has 1 atom stereocenters. The zero-order chi connectivity index (χ0) is 16.9. The fourth-order valence-electron chi connectivity index (χ4n) is 3.22. The number of aliphatic imine (C=N–C) groups is 1. The van der Waals surface area contributed by atoms with Crippen LogP contribution in [0.4, 0.5) is 10.1 Å². The summed E-state index contributed by atoms with van der Waals surface area (Å²) in [4.78, 5) is 19.2. The molecule has 1 aliphatic carbocycles. The van der Waals surface area contributed by atoms with Crippen molar-refractivity contribution in [3.63, 3.8) is 0 Å². The maximum atomic E-state index is 13.2. The van der Waals surface area contributed by atoms with Crippen LogP contribution >= 0.6 is 24.2 Å². The molecule has 1 saturated heterocycles. The molecular weight excluding hydrogens is 361 g/mol. The minimum atomic E-state index is -0.344. The Labute approximate surface area is 159 Å². The van der Waals surface area contributed by atoms with E-state index in [0.717, 1.165) is 10.9 Å². The average Bonchev–Trinajstić information content (AvgIpc) is 2.89. The van der Waals surface area contributed by atoms with Crippen molar-refractivity contribution in [3.05, 3.63) is 30.1 Å². The molecule has 1 unspecified atom stereocenters. The van der Waals surface area contributed by atoms with E-state index >= 15 is 0 Å². The number of nitrogens with zero attached hydrogens (tertiary/aromatic N) is 2. The summed E-state index contributed by atoms with van der Waals surface area (Å²) in [5.74, 6) is 0.443. The van der Waals surface area contributed by atoms with E-state index in [-0.39, 0.29) is 30.2 Å². The van der Waals surface area contributed by atoms with Crippen LogP contribution in [0, 0.1) is 5.82 Å². The number of thioether (sulfide) groups is 1. The third-order valence-corrected chi connectivity index (χ3v) is 5.85. The van der Waals surface area contributed by atoms with Crippen molar-refractivity contribution in [3.8, 4) is 0 Å². The Hall–Kier alpha value is -1.27. The van der Waals surface area contributed by atoms with Gasteiger partial charge < -0.3 is 10.2 Å². The minimum Gasteiger partial charge on any atom is -0.350 e. The summed E-state index contributed by atoms with van der Waals surface area (Å²) < 4.78 is 13.2. The Kier molecular flexibility index (Phi) is 7.56. The van der Waals surface area contributed by atoms with Gasteiger partial charge in [0.25, 0.3) is 0 Å². The van der Waals surface area contributed by atoms with E-state index in [9.17, 15) is 9.18 Å². The van der Waals surface area contributed by atoms with Crippen molar-refractivity contribution in [1.29, 1.82) is 0 Å². The van der Waals surface area contributed by atoms with Gasteiger partial charge in [-0.25, -0.2) is 4.39 Å². The molecule has 138 valence electrons. The molecule has 0 radical (unpaired) electrons. The van der Waals surface area contributed by atoms with Crippen molar-refractivity contribution in [2.45, 2.75) is 50.6 Å². The van der Waals surface area contributed by atoms with Crippen LogP contribution < -0.4 is 5.32 Å². The number of carbonyl (C=O) groups is 1. The second-order valence-corrected chi connectivity index (χ2v) is 7.53. The molecular formula is C18H25ClFN3OS. The van der Waals surface area contributed by atoms with Crippen molar-refractivity contribution in [2.75, 3.05) is 18.1 Å². The van der Waals surface area contributed by atoms with Gasteiger partial charge in [0.2, 0.25) is 5.91 Å². The largest absolute Gasteiger partial charge is 0.350 e. The van der Waals surface area contributed by atoms with E-state index in [0.29, 0.717) is 18.2 Å². The lowest BCUT2D eigenvalue weighted by Crippen LogP contribution is -2.34. The normalized spacial score (nSPS) is 22.7. The average molecular weight is 386 g/mol. The molecule has 1 aromatic carbocycles. The first-order chi connectivity index (χ1) is 11.6. The second kappa shape index (κ2) is 9.43. The Balaban J connectivity index is 0.00000225. The molecule has 1 N–H and O–H groups in total. The first kappa shape index (κ1) is 20.0. The van der Waals surface area contributed by atoms with E-state index in [1.807, 2.05) is 7.05 Å². The van der Waals surface area contributed by atoms with Crippen LogP contribution in [-0.4, -0.2) is 40.9 Å². The van der Waals surface area contributed by atoms with Crippen LogP contribution in [0.5, 0.6) is 0 Å². The molecule has 2 aliphatic rings. The summed E-state index contributed by atoms with van der Waals surface area (Å²) in [5.41, 5.74) is 0.504. The predicted molar refractivity (Wildman–Crippen MR) is 105 cm³/mol. The first-order valence-electron chi connectivity index (χ1n) is 8.60. The van der Waals surface area contributed by atoms with E-state index in [2.05, 4.69) is 10.2 Å². The van der Waals surface area contributed by atoms with Gasteiger partial charge in [-0.15, -0.1) is 12.4 Å². The number of anilines is 1. The van der Waals surface area contributed by atoms with Gasteiger partial charge in [0.05, 0.1) is 6.04 Å². The van der Waals surface area contributed by atoms with Crippen LogP contribution in [0.25, 0.3) is 0 Å². The van der Waals surface area contributed by atoms with Crippen molar-refractivity contribution >= 4 is 40.9 Å². The number of hydrogen-bond donors (Lipinski definition) is 1. The van der Waals surface area contributed by atoms with Crippen LogP contribution in [0.1, 0.15) is 38.5 Å². The van der Waals surface area contributed by atoms with E-state index in [4.69, 9.17) is 4.99 Å². The fourth-order valence-corrected chi connectivity index (χ4v) is 4.48. The van der Waals surface area contributed by atoms with E-state index in [1.165, 1.54) is 44.2 Å². The highest BCUT2D eigenvalue weighted by Crippen LogP contribution is 2.28. The highest BCUT2D eigenvalue weighted by molar-refractivity contribution is 8.14. The number of rotatable bonds is 4. The third kappa shape index (κ3) is 5.61. The summed E-state index contributed by atoms with van der Waals surface area (Å²) in [5, 5.41) is 3.83. The van der Waals surface area contributed by atoms with E-state index in [1.54, 1.807) is 23.9 Å². The van der Waals surface area contributed by atoms with Gasteiger partial charge in [0, 0.05) is 31.0 Å². The number of benzene rings is 1. The molecule has 1 heterocycles. The van der Waals surface area contributed by atoms with Gasteiger partial charge in [-0.3, -0.25) is 9.79 Å². The van der Waals surface area contributed by atoms with Gasteiger partial charge in [-0.1, -0.05) is 37.1 Å². The van der Waals surface area contributed by atoms with Crippen molar-refractivity contribution in [2.24, 2.45) is 4.99 Å². The lowest BCUT2D eigenvalue weighted by molar-refractivity contribution is -0.116. The quantitative estimate of drug-likeness (QED) is 0.839. The molecule has 1 aliphatic heterocycles. The van der Waals surface area contributed by atoms with Gasteiger partial charge in [-0.05, 0) is 31.0 Å². The highest BCUT2D eigenvalue weighted by atomic mass is 35.5. The van der Waals surface area contributed by atoms with Gasteiger partial charge >= 0.3 is 0 Å². The molecule has 2 fully saturated rings. The highest BCUT2D eigenvalue weighted by Gasteiger charge is 2.29. The van der Waals surface area contributed by atoms with Gasteiger partial charge in [0.1, 0.15) is 5.82 Å². The summed E-state index contributed by atoms with van der Waals surface area (Å²) in [6, 6.07) is 6.59. The first-order valence-corrected chi connectivity index (χ1v) is 9.59. The van der Waals surface area contributed by atoms with Crippen molar-refractivity contribution in [1.82, 2.24) is 4.90 Å². The van der Waals surface area contributed by atoms with E-state index < -0.39 is 0 Å². The second-order valence-electron chi connectivity index (χ2n) is 6.54. The smallest absolute Gasteiger partial charge is 0.226 e. The monoisotopic (exact) mass is 385 g/mol. The lowest BCUT2D eigenvalue weighted by atomic mass is 9.96. The molecule has 0 spiro atoms. The molecule has 0 bridgehead atoms. The molecule has 1 aromatic rings. The maximum absolute atomic E-state index is 13.2. The number of carbonyl (C=O) groups excluding carboxylic acids is 1. The van der Waals surface area contributed by atoms with Crippen LogP contribution in [0.3, 0.4) is 0 Å². The summed E-state index contributed by atoms with van der Waals surface area (Å²) in [6.07, 6.45) is 6.63. The number of hydrogen-bond acceptors (Lipinski definition) is 3. The SMILES string of the molecule is CN1/C(=N/C2CCCCC2)SCC1CC(=O)Nc1cccc(F)c1.Cl. The third-order valence-electron chi connectivity index (χ3n) is 4.65. The lowest BCUT2D eigenvalue weighted by Gasteiger charge is -2.23. The Morgan fingerprint density at radius 3 is 2.84 bits per heavy atom. The van der Waals surface area contributed by atoms with Crippen molar-refractivity contribution < 1.29 is 9.18 Å². The summed E-state index contributed by atoms with van der Waals surface area (Å²) in [6.45, 7) is 0. The van der Waals surface area contributed by atoms with Crippen LogP contribution in [-0.2, 0) is 4.79 Å². The standard InChI is InChI=1S/C18H24FN3OS.ClH/c1-22-16(11-17(23)20-15-9-5-6-13(19)10-15)12-24-18(22)21-14-7-3-2-4-8-14;/h5-6,9-10,14,16H,2-4,7-8,11-12H2,1H3,(H,20,23);1H/b21-18-;. The number of halogens is 2. The van der Waals surface area contributed by atoms with Gasteiger partial charge in [0.15, 0.2) is 5.17 Å². The molecule has 25 heavy (non-hydrogen) atoms. The number of nitrogens with one attached hydrogen (secondary N) is 1. The maximum Gasteiger partial charge on any atom is 0.226 e. The zero-order valence-corrected chi connectivity index (χ0v) is 16.0. The Morgan fingerprint density at radius 2 is 2.12 bits per heavy atom. The zero-order valence-electron chi connectivity index (χ0n) is 14.4. The number of amidine groups is 1. The number of amides is 1. The van der Waals surface area contributed by atoms with Crippen LogP contribution in [0.2, 0.25) is 0 Å². The predicted octanol–water partition coefficient (Wildman–Crippen LogP) is 4.31. The molecule has 1 amide bonds. The molecule has 3 rings (SSSR count). The Morgan fingerprint density at radius 1 is 1.36 bits per heavy atom. The minimum absolute atomic E-state index is 0. The fraction of sp³-hybridized carbons (Fsp3) is 0.556. The molecule has 0 aromatic heterocycles.